The Morgan fingerprint density at radius 3 is 2.55 bits per heavy atom. The van der Waals surface area contributed by atoms with Crippen LogP contribution in [-0.2, 0) is 10.8 Å². The average Bonchev–Trinajstić information content (AvgIpc) is 2.45. The van der Waals surface area contributed by atoms with E-state index in [2.05, 4.69) is 22.5 Å². The van der Waals surface area contributed by atoms with E-state index in [1.807, 2.05) is 20.8 Å². The summed E-state index contributed by atoms with van der Waals surface area (Å²) in [6.45, 7) is 9.03. The Morgan fingerprint density at radius 1 is 1.32 bits per heavy atom. The van der Waals surface area contributed by atoms with Crippen molar-refractivity contribution in [1.82, 2.24) is 10.6 Å². The SMILES string of the molecule is CCC1CCCC(NC(=NC)NCCS(=O)C(C)(C)C)C1.I. The van der Waals surface area contributed by atoms with Crippen LogP contribution in [0.25, 0.3) is 0 Å². The summed E-state index contributed by atoms with van der Waals surface area (Å²) in [5.41, 5.74) is 0. The molecular weight excluding hydrogens is 409 g/mol. The summed E-state index contributed by atoms with van der Waals surface area (Å²) in [7, 11) is 0.987. The fourth-order valence-electron chi connectivity index (χ4n) is 2.75. The zero-order valence-corrected chi connectivity index (χ0v) is 17.9. The van der Waals surface area contributed by atoms with Crippen LogP contribution in [0.5, 0.6) is 0 Å². The molecule has 0 saturated heterocycles. The van der Waals surface area contributed by atoms with Crippen LogP contribution in [-0.4, -0.2) is 40.3 Å². The van der Waals surface area contributed by atoms with Gasteiger partial charge in [-0.05, 0) is 39.5 Å². The van der Waals surface area contributed by atoms with E-state index in [1.54, 1.807) is 7.05 Å². The van der Waals surface area contributed by atoms with E-state index in [0.717, 1.165) is 11.9 Å². The van der Waals surface area contributed by atoms with Crippen molar-refractivity contribution in [1.29, 1.82) is 0 Å². The van der Waals surface area contributed by atoms with Crippen LogP contribution >= 0.6 is 24.0 Å². The minimum atomic E-state index is -0.815. The standard InChI is InChI=1S/C16H33N3OS.HI/c1-6-13-8-7-9-14(12-13)19-15(17-5)18-10-11-21(20)16(2,3)4;/h13-14H,6-12H2,1-5H3,(H2,17,18,19);1H. The molecule has 0 spiro atoms. The molecule has 0 aromatic rings. The minimum absolute atomic E-state index is 0. The van der Waals surface area contributed by atoms with E-state index in [1.165, 1.54) is 32.1 Å². The van der Waals surface area contributed by atoms with Gasteiger partial charge in [-0.3, -0.25) is 9.20 Å². The molecule has 0 amide bonds. The van der Waals surface area contributed by atoms with Crippen LogP contribution in [0.2, 0.25) is 0 Å². The van der Waals surface area contributed by atoms with E-state index in [4.69, 9.17) is 0 Å². The molecule has 4 nitrogen and oxygen atoms in total. The fourth-order valence-corrected chi connectivity index (χ4v) is 3.65. The number of hydrogen-bond donors (Lipinski definition) is 2. The fraction of sp³-hybridized carbons (Fsp3) is 0.938. The van der Waals surface area contributed by atoms with Gasteiger partial charge in [-0.1, -0.05) is 26.2 Å². The van der Waals surface area contributed by atoms with Gasteiger partial charge in [0.1, 0.15) is 0 Å². The molecule has 2 N–H and O–H groups in total. The van der Waals surface area contributed by atoms with Gasteiger partial charge in [0.2, 0.25) is 0 Å². The van der Waals surface area contributed by atoms with Crippen molar-refractivity contribution >= 4 is 40.7 Å². The lowest BCUT2D eigenvalue weighted by atomic mass is 9.84. The lowest BCUT2D eigenvalue weighted by Crippen LogP contribution is -2.46. The number of rotatable bonds is 5. The van der Waals surface area contributed by atoms with Crippen molar-refractivity contribution in [3.8, 4) is 0 Å². The predicted molar refractivity (Wildman–Crippen MR) is 109 cm³/mol. The summed E-state index contributed by atoms with van der Waals surface area (Å²) in [6, 6.07) is 0.531. The van der Waals surface area contributed by atoms with Crippen LogP contribution in [0.1, 0.15) is 59.8 Å². The van der Waals surface area contributed by atoms with Crippen molar-refractivity contribution in [2.75, 3.05) is 19.3 Å². The van der Waals surface area contributed by atoms with Crippen molar-refractivity contribution < 1.29 is 4.21 Å². The van der Waals surface area contributed by atoms with Crippen molar-refractivity contribution in [2.45, 2.75) is 70.6 Å². The number of nitrogens with zero attached hydrogens (tertiary/aromatic N) is 1. The van der Waals surface area contributed by atoms with Crippen LogP contribution < -0.4 is 10.6 Å². The molecule has 3 atom stereocenters. The van der Waals surface area contributed by atoms with Gasteiger partial charge in [0.25, 0.3) is 0 Å². The van der Waals surface area contributed by atoms with E-state index >= 15 is 0 Å². The maximum Gasteiger partial charge on any atom is 0.191 e. The molecule has 1 saturated carbocycles. The molecule has 132 valence electrons. The van der Waals surface area contributed by atoms with Crippen LogP contribution in [0.15, 0.2) is 4.99 Å². The highest BCUT2D eigenvalue weighted by Gasteiger charge is 2.22. The quantitative estimate of drug-likeness (QED) is 0.390. The molecule has 1 aliphatic carbocycles. The minimum Gasteiger partial charge on any atom is -0.355 e. The predicted octanol–water partition coefficient (Wildman–Crippen LogP) is 3.29. The van der Waals surface area contributed by atoms with Crippen molar-refractivity contribution in [2.24, 2.45) is 10.9 Å². The first-order chi connectivity index (χ1) is 9.86. The van der Waals surface area contributed by atoms with Gasteiger partial charge in [0, 0.05) is 40.9 Å². The second kappa shape index (κ2) is 10.8. The lowest BCUT2D eigenvalue weighted by Gasteiger charge is -2.30. The highest BCUT2D eigenvalue weighted by molar-refractivity contribution is 14.0. The number of aliphatic imine (C=N–C) groups is 1. The summed E-state index contributed by atoms with van der Waals surface area (Å²) >= 11 is 0. The third-order valence-electron chi connectivity index (χ3n) is 4.19. The Balaban J connectivity index is 0.00000441. The van der Waals surface area contributed by atoms with Gasteiger partial charge < -0.3 is 10.6 Å². The highest BCUT2D eigenvalue weighted by atomic mass is 127. The molecule has 0 aromatic heterocycles. The zero-order valence-electron chi connectivity index (χ0n) is 14.8. The molecule has 3 unspecified atom stereocenters. The summed E-state index contributed by atoms with van der Waals surface area (Å²) in [5.74, 6) is 2.36. The number of hydrogen-bond acceptors (Lipinski definition) is 2. The van der Waals surface area contributed by atoms with E-state index in [-0.39, 0.29) is 28.7 Å². The van der Waals surface area contributed by atoms with E-state index < -0.39 is 10.8 Å². The molecule has 0 radical (unpaired) electrons. The lowest BCUT2D eigenvalue weighted by molar-refractivity contribution is 0.298. The van der Waals surface area contributed by atoms with E-state index in [9.17, 15) is 4.21 Å². The van der Waals surface area contributed by atoms with Crippen LogP contribution in [0.3, 0.4) is 0 Å². The topological polar surface area (TPSA) is 53.5 Å². The molecule has 0 aliphatic heterocycles. The van der Waals surface area contributed by atoms with Crippen molar-refractivity contribution in [3.63, 3.8) is 0 Å². The molecule has 0 bridgehead atoms. The smallest absolute Gasteiger partial charge is 0.191 e. The Morgan fingerprint density at radius 2 is 2.00 bits per heavy atom. The summed E-state index contributed by atoms with van der Waals surface area (Å²) in [6.07, 6.45) is 6.41. The van der Waals surface area contributed by atoms with Gasteiger partial charge in [-0.15, -0.1) is 24.0 Å². The first-order valence-electron chi connectivity index (χ1n) is 8.22. The Hall–Kier alpha value is 0.150. The van der Waals surface area contributed by atoms with E-state index in [0.29, 0.717) is 18.3 Å². The van der Waals surface area contributed by atoms with Gasteiger partial charge in [0.15, 0.2) is 5.96 Å². The molecule has 1 aliphatic rings. The maximum absolute atomic E-state index is 12.0. The second-order valence-corrected chi connectivity index (χ2v) is 9.27. The highest BCUT2D eigenvalue weighted by Crippen LogP contribution is 2.26. The normalized spacial score (nSPS) is 24.3. The first-order valence-corrected chi connectivity index (χ1v) is 9.54. The van der Waals surface area contributed by atoms with Gasteiger partial charge >= 0.3 is 0 Å². The van der Waals surface area contributed by atoms with Crippen LogP contribution in [0, 0.1) is 5.92 Å². The van der Waals surface area contributed by atoms with Gasteiger partial charge in [0.05, 0.1) is 0 Å². The monoisotopic (exact) mass is 443 g/mol. The third-order valence-corrected chi connectivity index (χ3v) is 6.13. The summed E-state index contributed by atoms with van der Waals surface area (Å²) < 4.78 is 11.9. The average molecular weight is 443 g/mol. The van der Waals surface area contributed by atoms with Gasteiger partial charge in [-0.25, -0.2) is 0 Å². The third kappa shape index (κ3) is 8.13. The number of guanidine groups is 1. The molecule has 1 fully saturated rings. The Labute approximate surface area is 156 Å². The summed E-state index contributed by atoms with van der Waals surface area (Å²) in [5, 5.41) is 6.82. The van der Waals surface area contributed by atoms with Crippen LogP contribution in [0.4, 0.5) is 0 Å². The molecule has 22 heavy (non-hydrogen) atoms. The second-order valence-electron chi connectivity index (χ2n) is 6.94. The number of halogens is 1. The first kappa shape index (κ1) is 22.1. The molecule has 6 heteroatoms. The largest absolute Gasteiger partial charge is 0.355 e. The molecule has 1 rings (SSSR count). The molecule has 0 heterocycles. The molecule has 0 aromatic carbocycles. The zero-order chi connectivity index (χ0) is 15.9. The Kier molecular flexibility index (Phi) is 10.9. The maximum atomic E-state index is 12.0. The number of nitrogens with one attached hydrogen (secondary N) is 2. The van der Waals surface area contributed by atoms with Crippen molar-refractivity contribution in [3.05, 3.63) is 0 Å². The molecular formula is C16H34IN3OS. The Bertz CT molecular complexity index is 369. The summed E-state index contributed by atoms with van der Waals surface area (Å²) in [4.78, 5) is 4.29. The van der Waals surface area contributed by atoms with Gasteiger partial charge in [-0.2, -0.15) is 0 Å².